The third kappa shape index (κ3) is 4.21. The van der Waals surface area contributed by atoms with E-state index < -0.39 is 0 Å². The molecule has 3 rings (SSSR count). The zero-order valence-corrected chi connectivity index (χ0v) is 17.4. The van der Waals surface area contributed by atoms with Crippen LogP contribution < -0.4 is 14.2 Å². The van der Waals surface area contributed by atoms with Crippen molar-refractivity contribution in [2.75, 3.05) is 33.9 Å². The summed E-state index contributed by atoms with van der Waals surface area (Å²) in [4.78, 5) is 14.9. The molecule has 1 unspecified atom stereocenters. The molecule has 144 valence electrons. The average molecular weight is 434 g/mol. The Labute approximate surface area is 168 Å². The quantitative estimate of drug-likeness (QED) is 0.672. The fourth-order valence-electron chi connectivity index (χ4n) is 3.40. The van der Waals surface area contributed by atoms with E-state index >= 15 is 0 Å². The Balaban J connectivity index is 1.75. The Bertz CT molecular complexity index is 807. The van der Waals surface area contributed by atoms with Crippen LogP contribution in [0.5, 0.6) is 17.2 Å². The smallest absolute Gasteiger partial charge is 0.254 e. The van der Waals surface area contributed by atoms with Crippen LogP contribution in [0.1, 0.15) is 35.2 Å². The van der Waals surface area contributed by atoms with Crippen LogP contribution in [-0.4, -0.2) is 44.7 Å². The van der Waals surface area contributed by atoms with Crippen molar-refractivity contribution < 1.29 is 19.0 Å². The minimum Gasteiger partial charge on any atom is -0.497 e. The fraction of sp³-hybridized carbons (Fsp3) is 0.381. The number of hydrogen-bond acceptors (Lipinski definition) is 4. The zero-order chi connectivity index (χ0) is 19.4. The maximum absolute atomic E-state index is 13.0. The van der Waals surface area contributed by atoms with Gasteiger partial charge in [0.2, 0.25) is 0 Å². The van der Waals surface area contributed by atoms with Crippen molar-refractivity contribution in [3.8, 4) is 17.2 Å². The van der Waals surface area contributed by atoms with Crippen molar-refractivity contribution in [2.24, 2.45) is 0 Å². The molecule has 1 aliphatic rings. The first-order valence-electron chi connectivity index (χ1n) is 9.01. The molecule has 2 aromatic rings. The van der Waals surface area contributed by atoms with Gasteiger partial charge in [-0.25, -0.2) is 0 Å². The largest absolute Gasteiger partial charge is 0.497 e. The lowest BCUT2D eigenvalue weighted by atomic mass is 9.98. The van der Waals surface area contributed by atoms with Crippen LogP contribution in [0.25, 0.3) is 0 Å². The Morgan fingerprint density at radius 1 is 1.19 bits per heavy atom. The first-order valence-corrected chi connectivity index (χ1v) is 9.80. The van der Waals surface area contributed by atoms with Crippen LogP contribution in [-0.2, 0) is 0 Å². The minimum absolute atomic E-state index is 0.00746. The molecule has 1 aliphatic heterocycles. The van der Waals surface area contributed by atoms with Crippen LogP contribution >= 0.6 is 15.9 Å². The molecule has 2 aromatic carbocycles. The number of halogens is 1. The van der Waals surface area contributed by atoms with Gasteiger partial charge >= 0.3 is 0 Å². The third-order valence-electron chi connectivity index (χ3n) is 4.83. The number of likely N-dealkylation sites (tertiary alicyclic amines) is 1. The standard InChI is InChI=1S/C21H24BrNO4/c1-4-27-20-18(22)11-16(12-19(20)26-3)21(24)23-10-9-15(13-23)14-5-7-17(25-2)8-6-14/h5-8,11-12,15H,4,9-10,13H2,1-3H3. The van der Waals surface area contributed by atoms with Crippen LogP contribution in [0.15, 0.2) is 40.9 Å². The summed E-state index contributed by atoms with van der Waals surface area (Å²) in [5, 5.41) is 0. The van der Waals surface area contributed by atoms with Crippen molar-refractivity contribution in [3.63, 3.8) is 0 Å². The Hall–Kier alpha value is -2.21. The summed E-state index contributed by atoms with van der Waals surface area (Å²) in [5.41, 5.74) is 1.83. The maximum Gasteiger partial charge on any atom is 0.254 e. The topological polar surface area (TPSA) is 48.0 Å². The first-order chi connectivity index (χ1) is 13.1. The number of carbonyl (C=O) groups excluding carboxylic acids is 1. The molecular weight excluding hydrogens is 410 g/mol. The monoisotopic (exact) mass is 433 g/mol. The number of methoxy groups -OCH3 is 2. The van der Waals surface area contributed by atoms with Gasteiger partial charge in [0, 0.05) is 24.6 Å². The van der Waals surface area contributed by atoms with E-state index in [2.05, 4.69) is 28.1 Å². The van der Waals surface area contributed by atoms with Gasteiger partial charge in [0.15, 0.2) is 11.5 Å². The minimum atomic E-state index is 0.00746. The Morgan fingerprint density at radius 2 is 1.93 bits per heavy atom. The highest BCUT2D eigenvalue weighted by Crippen LogP contribution is 2.37. The predicted octanol–water partition coefficient (Wildman–Crippen LogP) is 4.49. The van der Waals surface area contributed by atoms with E-state index in [1.54, 1.807) is 26.4 Å². The molecule has 0 bridgehead atoms. The molecule has 1 fully saturated rings. The van der Waals surface area contributed by atoms with Gasteiger partial charge in [-0.3, -0.25) is 4.79 Å². The number of carbonyl (C=O) groups is 1. The highest BCUT2D eigenvalue weighted by Gasteiger charge is 2.29. The van der Waals surface area contributed by atoms with E-state index in [0.717, 1.165) is 23.2 Å². The third-order valence-corrected chi connectivity index (χ3v) is 5.42. The molecule has 1 heterocycles. The summed E-state index contributed by atoms with van der Waals surface area (Å²) >= 11 is 3.49. The van der Waals surface area contributed by atoms with Crippen LogP contribution in [0, 0.1) is 0 Å². The number of benzene rings is 2. The summed E-state index contributed by atoms with van der Waals surface area (Å²) < 4.78 is 17.0. The summed E-state index contributed by atoms with van der Waals surface area (Å²) in [6.07, 6.45) is 0.952. The number of rotatable bonds is 6. The molecule has 0 N–H and O–H groups in total. The van der Waals surface area contributed by atoms with Crippen molar-refractivity contribution in [1.29, 1.82) is 0 Å². The van der Waals surface area contributed by atoms with Crippen molar-refractivity contribution in [1.82, 2.24) is 4.90 Å². The zero-order valence-electron chi connectivity index (χ0n) is 15.8. The van der Waals surface area contributed by atoms with Gasteiger partial charge in [0.25, 0.3) is 5.91 Å². The van der Waals surface area contributed by atoms with Gasteiger partial charge in [0.05, 0.1) is 25.3 Å². The maximum atomic E-state index is 13.0. The fourth-order valence-corrected chi connectivity index (χ4v) is 3.96. The van der Waals surface area contributed by atoms with Crippen molar-refractivity contribution in [2.45, 2.75) is 19.3 Å². The van der Waals surface area contributed by atoms with Gasteiger partial charge in [-0.2, -0.15) is 0 Å². The molecule has 5 nitrogen and oxygen atoms in total. The molecule has 0 saturated carbocycles. The lowest BCUT2D eigenvalue weighted by Crippen LogP contribution is -2.28. The van der Waals surface area contributed by atoms with Gasteiger partial charge in [-0.15, -0.1) is 0 Å². The highest BCUT2D eigenvalue weighted by atomic mass is 79.9. The molecular formula is C21H24BrNO4. The second-order valence-electron chi connectivity index (χ2n) is 6.43. The van der Waals surface area contributed by atoms with E-state index in [1.807, 2.05) is 24.0 Å². The van der Waals surface area contributed by atoms with Crippen LogP contribution in [0.4, 0.5) is 0 Å². The number of ether oxygens (including phenoxy) is 3. The molecule has 27 heavy (non-hydrogen) atoms. The van der Waals surface area contributed by atoms with E-state index in [4.69, 9.17) is 14.2 Å². The van der Waals surface area contributed by atoms with E-state index in [1.165, 1.54) is 5.56 Å². The molecule has 6 heteroatoms. The normalized spacial score (nSPS) is 16.3. The number of amides is 1. The number of hydrogen-bond donors (Lipinski definition) is 0. The van der Waals surface area contributed by atoms with Crippen LogP contribution in [0.3, 0.4) is 0 Å². The molecule has 0 aliphatic carbocycles. The lowest BCUT2D eigenvalue weighted by Gasteiger charge is -2.19. The van der Waals surface area contributed by atoms with Gasteiger partial charge < -0.3 is 19.1 Å². The van der Waals surface area contributed by atoms with Gasteiger partial charge in [0.1, 0.15) is 5.75 Å². The van der Waals surface area contributed by atoms with Gasteiger partial charge in [-0.1, -0.05) is 12.1 Å². The number of nitrogens with zero attached hydrogens (tertiary/aromatic N) is 1. The Morgan fingerprint density at radius 3 is 2.56 bits per heavy atom. The van der Waals surface area contributed by atoms with Gasteiger partial charge in [-0.05, 0) is 59.1 Å². The molecule has 1 atom stereocenters. The summed E-state index contributed by atoms with van der Waals surface area (Å²) in [6, 6.07) is 11.6. The second kappa shape index (κ2) is 8.65. The average Bonchev–Trinajstić information content (AvgIpc) is 3.19. The summed E-state index contributed by atoms with van der Waals surface area (Å²) in [7, 11) is 3.24. The van der Waals surface area contributed by atoms with Crippen molar-refractivity contribution in [3.05, 3.63) is 52.0 Å². The summed E-state index contributed by atoms with van der Waals surface area (Å²) in [6.45, 7) is 3.88. The molecule has 0 aromatic heterocycles. The van der Waals surface area contributed by atoms with E-state index in [-0.39, 0.29) is 5.91 Å². The first kappa shape index (κ1) is 19.5. The second-order valence-corrected chi connectivity index (χ2v) is 7.29. The molecule has 1 amide bonds. The predicted molar refractivity (Wildman–Crippen MR) is 108 cm³/mol. The highest BCUT2D eigenvalue weighted by molar-refractivity contribution is 9.10. The molecule has 1 saturated heterocycles. The summed E-state index contributed by atoms with van der Waals surface area (Å²) in [5.74, 6) is 2.37. The Kier molecular flexibility index (Phi) is 6.26. The van der Waals surface area contributed by atoms with E-state index in [0.29, 0.717) is 36.1 Å². The molecule has 0 radical (unpaired) electrons. The van der Waals surface area contributed by atoms with E-state index in [9.17, 15) is 4.79 Å². The SMILES string of the molecule is CCOc1c(Br)cc(C(=O)N2CCC(c3ccc(OC)cc3)C2)cc1OC. The van der Waals surface area contributed by atoms with Crippen molar-refractivity contribution >= 4 is 21.8 Å². The van der Waals surface area contributed by atoms with Crippen LogP contribution in [0.2, 0.25) is 0 Å². The molecule has 0 spiro atoms. The lowest BCUT2D eigenvalue weighted by molar-refractivity contribution is 0.0790.